The third kappa shape index (κ3) is 21.7. The maximum absolute atomic E-state index is 11.4. The van der Waals surface area contributed by atoms with Gasteiger partial charge in [-0.25, -0.2) is 4.79 Å². The van der Waals surface area contributed by atoms with E-state index < -0.39 is 0 Å². The van der Waals surface area contributed by atoms with Crippen molar-refractivity contribution in [1.29, 1.82) is 0 Å². The molecular formula is C27H52O2. The SMILES string of the molecule is C=C(C)C(=O)OC(C)CCCCCCCCCCCCCCCCCCCCC. The number of unbranched alkanes of at least 4 members (excludes halogenated alkanes) is 18. The molecule has 0 fully saturated rings. The van der Waals surface area contributed by atoms with Crippen LogP contribution in [0.15, 0.2) is 12.2 Å². The van der Waals surface area contributed by atoms with Gasteiger partial charge in [0.05, 0.1) is 6.10 Å². The molecule has 0 heterocycles. The van der Waals surface area contributed by atoms with Gasteiger partial charge in [-0.3, -0.25) is 0 Å². The van der Waals surface area contributed by atoms with E-state index in [1.165, 1.54) is 116 Å². The van der Waals surface area contributed by atoms with Crippen LogP contribution in [-0.2, 0) is 9.53 Å². The fourth-order valence-corrected chi connectivity index (χ4v) is 3.85. The molecule has 0 aliphatic heterocycles. The van der Waals surface area contributed by atoms with E-state index in [4.69, 9.17) is 4.74 Å². The van der Waals surface area contributed by atoms with E-state index in [9.17, 15) is 4.79 Å². The van der Waals surface area contributed by atoms with Gasteiger partial charge in [-0.1, -0.05) is 129 Å². The predicted octanol–water partition coefficient (Wildman–Crippen LogP) is 9.32. The molecule has 0 rings (SSSR count). The van der Waals surface area contributed by atoms with Gasteiger partial charge in [0.25, 0.3) is 0 Å². The Bertz CT molecular complexity index is 375. The lowest BCUT2D eigenvalue weighted by Crippen LogP contribution is -2.15. The number of carbonyl (C=O) groups excluding carboxylic acids is 1. The zero-order chi connectivity index (χ0) is 21.6. The van der Waals surface area contributed by atoms with E-state index in [0.29, 0.717) is 5.57 Å². The molecule has 0 bridgehead atoms. The normalized spacial score (nSPS) is 12.1. The maximum Gasteiger partial charge on any atom is 0.333 e. The van der Waals surface area contributed by atoms with Gasteiger partial charge in [0.1, 0.15) is 0 Å². The van der Waals surface area contributed by atoms with Crippen LogP contribution in [0.25, 0.3) is 0 Å². The summed E-state index contributed by atoms with van der Waals surface area (Å²) in [7, 11) is 0. The third-order valence-electron chi connectivity index (χ3n) is 5.87. The highest BCUT2D eigenvalue weighted by atomic mass is 16.5. The number of rotatable bonds is 22. The molecule has 0 aliphatic carbocycles. The lowest BCUT2D eigenvalue weighted by Gasteiger charge is -2.12. The number of hydrogen-bond donors (Lipinski definition) is 0. The molecule has 29 heavy (non-hydrogen) atoms. The summed E-state index contributed by atoms with van der Waals surface area (Å²) in [5, 5.41) is 0. The topological polar surface area (TPSA) is 26.3 Å². The average molecular weight is 409 g/mol. The van der Waals surface area contributed by atoms with E-state index in [1.807, 2.05) is 6.92 Å². The fraction of sp³-hybridized carbons (Fsp3) is 0.889. The van der Waals surface area contributed by atoms with E-state index in [1.54, 1.807) is 6.92 Å². The monoisotopic (exact) mass is 408 g/mol. The van der Waals surface area contributed by atoms with Gasteiger partial charge in [-0.15, -0.1) is 0 Å². The van der Waals surface area contributed by atoms with Gasteiger partial charge in [-0.05, 0) is 26.7 Å². The summed E-state index contributed by atoms with van der Waals surface area (Å²) in [6.45, 7) is 9.59. The summed E-state index contributed by atoms with van der Waals surface area (Å²) in [5.74, 6) is -0.254. The summed E-state index contributed by atoms with van der Waals surface area (Å²) < 4.78 is 5.31. The number of ether oxygens (including phenoxy) is 1. The van der Waals surface area contributed by atoms with E-state index >= 15 is 0 Å². The van der Waals surface area contributed by atoms with Gasteiger partial charge in [0.2, 0.25) is 0 Å². The summed E-state index contributed by atoms with van der Waals surface area (Å²) >= 11 is 0. The number of hydrogen-bond acceptors (Lipinski definition) is 2. The van der Waals surface area contributed by atoms with Gasteiger partial charge >= 0.3 is 5.97 Å². The van der Waals surface area contributed by atoms with E-state index in [0.717, 1.165) is 12.8 Å². The molecule has 0 saturated carbocycles. The Morgan fingerprint density at radius 1 is 0.655 bits per heavy atom. The molecule has 0 amide bonds. The molecule has 0 spiro atoms. The Morgan fingerprint density at radius 2 is 0.966 bits per heavy atom. The van der Waals surface area contributed by atoms with Gasteiger partial charge in [0.15, 0.2) is 0 Å². The van der Waals surface area contributed by atoms with Crippen molar-refractivity contribution in [3.63, 3.8) is 0 Å². The second-order valence-corrected chi connectivity index (χ2v) is 9.15. The van der Waals surface area contributed by atoms with Crippen LogP contribution in [0, 0.1) is 0 Å². The highest BCUT2D eigenvalue weighted by Gasteiger charge is 2.09. The standard InChI is InChI=1S/C27H52O2/c1-5-6-7-8-9-10-11-12-13-14-15-16-17-18-19-20-21-22-23-24-26(4)29-27(28)25(2)3/h26H,2,5-24H2,1,3-4H3. The van der Waals surface area contributed by atoms with Crippen LogP contribution in [0.4, 0.5) is 0 Å². The lowest BCUT2D eigenvalue weighted by molar-refractivity contribution is -0.143. The first-order valence-corrected chi connectivity index (χ1v) is 12.9. The quantitative estimate of drug-likeness (QED) is 0.101. The van der Waals surface area contributed by atoms with Crippen LogP contribution in [0.5, 0.6) is 0 Å². The van der Waals surface area contributed by atoms with Crippen molar-refractivity contribution in [2.24, 2.45) is 0 Å². The first-order chi connectivity index (χ1) is 14.1. The number of esters is 1. The Morgan fingerprint density at radius 3 is 1.28 bits per heavy atom. The minimum absolute atomic E-state index is 0.0185. The minimum Gasteiger partial charge on any atom is -0.459 e. The first kappa shape index (κ1) is 28.2. The molecule has 0 aromatic rings. The zero-order valence-corrected chi connectivity index (χ0v) is 20.2. The summed E-state index contributed by atoms with van der Waals surface area (Å²) in [5.41, 5.74) is 0.491. The largest absolute Gasteiger partial charge is 0.459 e. The van der Waals surface area contributed by atoms with Crippen molar-refractivity contribution in [2.75, 3.05) is 0 Å². The van der Waals surface area contributed by atoms with Crippen LogP contribution in [0.3, 0.4) is 0 Å². The van der Waals surface area contributed by atoms with Crippen LogP contribution in [0.2, 0.25) is 0 Å². The molecule has 0 aromatic carbocycles. The highest BCUT2D eigenvalue weighted by Crippen LogP contribution is 2.15. The molecule has 2 heteroatoms. The molecule has 0 saturated heterocycles. The molecule has 0 aromatic heterocycles. The maximum atomic E-state index is 11.4. The van der Waals surface area contributed by atoms with Crippen LogP contribution in [0.1, 0.15) is 149 Å². The fourth-order valence-electron chi connectivity index (χ4n) is 3.85. The Kier molecular flexibility index (Phi) is 21.3. The van der Waals surface area contributed by atoms with Crippen molar-refractivity contribution in [3.8, 4) is 0 Å². The lowest BCUT2D eigenvalue weighted by atomic mass is 10.0. The minimum atomic E-state index is -0.254. The number of carbonyl (C=O) groups is 1. The zero-order valence-electron chi connectivity index (χ0n) is 20.2. The molecule has 1 atom stereocenters. The molecule has 1 unspecified atom stereocenters. The molecule has 0 aliphatic rings. The summed E-state index contributed by atoms with van der Waals surface area (Å²) in [6.07, 6.45) is 27.6. The molecule has 0 N–H and O–H groups in total. The molecule has 2 nitrogen and oxygen atoms in total. The van der Waals surface area contributed by atoms with Crippen LogP contribution >= 0.6 is 0 Å². The Hall–Kier alpha value is -0.790. The first-order valence-electron chi connectivity index (χ1n) is 12.9. The van der Waals surface area contributed by atoms with Gasteiger partial charge in [-0.2, -0.15) is 0 Å². The van der Waals surface area contributed by atoms with Gasteiger partial charge < -0.3 is 4.74 Å². The summed E-state index contributed by atoms with van der Waals surface area (Å²) in [4.78, 5) is 11.4. The second kappa shape index (κ2) is 21.9. The third-order valence-corrected chi connectivity index (χ3v) is 5.87. The average Bonchev–Trinajstić information content (AvgIpc) is 2.69. The molecule has 172 valence electrons. The van der Waals surface area contributed by atoms with E-state index in [2.05, 4.69) is 13.5 Å². The van der Waals surface area contributed by atoms with E-state index in [-0.39, 0.29) is 12.1 Å². The van der Waals surface area contributed by atoms with Crippen molar-refractivity contribution in [3.05, 3.63) is 12.2 Å². The van der Waals surface area contributed by atoms with Crippen LogP contribution in [-0.4, -0.2) is 12.1 Å². The van der Waals surface area contributed by atoms with Crippen molar-refractivity contribution in [1.82, 2.24) is 0 Å². The Balaban J connectivity index is 3.15. The van der Waals surface area contributed by atoms with Gasteiger partial charge in [0, 0.05) is 5.57 Å². The molecular weight excluding hydrogens is 356 g/mol. The molecule has 0 radical (unpaired) electrons. The van der Waals surface area contributed by atoms with Crippen molar-refractivity contribution in [2.45, 2.75) is 155 Å². The highest BCUT2D eigenvalue weighted by molar-refractivity contribution is 5.87. The van der Waals surface area contributed by atoms with Crippen molar-refractivity contribution < 1.29 is 9.53 Å². The predicted molar refractivity (Wildman–Crippen MR) is 128 cm³/mol. The summed E-state index contributed by atoms with van der Waals surface area (Å²) in [6, 6.07) is 0. The Labute approximate surface area is 183 Å². The van der Waals surface area contributed by atoms with Crippen molar-refractivity contribution >= 4 is 5.97 Å². The second-order valence-electron chi connectivity index (χ2n) is 9.15. The smallest absolute Gasteiger partial charge is 0.333 e. The van der Waals surface area contributed by atoms with Crippen LogP contribution < -0.4 is 0 Å².